The number of ether oxygens (including phenoxy) is 1. The van der Waals surface area contributed by atoms with Crippen LogP contribution in [0.5, 0.6) is 0 Å². The van der Waals surface area contributed by atoms with Crippen LogP contribution in [0.4, 0.5) is 0 Å². The standard InChI is InChI=1S/C7H10O7S.C3H6O3S/c1-2-3-14-7(10)5(4-6(8)9)15(11,12)13;1-2-3-7(4,5)6/h2,5H,1,3-4H2,(H,8,9)(H,11,12,13);2H,1,3H2,(H,4,5,6). The molecule has 128 valence electrons. The quantitative estimate of drug-likeness (QED) is 0.291. The van der Waals surface area contributed by atoms with E-state index in [9.17, 15) is 26.4 Å². The molecule has 0 aromatic carbocycles. The Labute approximate surface area is 127 Å². The van der Waals surface area contributed by atoms with Crippen LogP contribution < -0.4 is 0 Å². The highest BCUT2D eigenvalue weighted by Gasteiger charge is 2.34. The Balaban J connectivity index is 0. The Bertz CT molecular complexity index is 602. The first-order valence-corrected chi connectivity index (χ1v) is 8.48. The van der Waals surface area contributed by atoms with Crippen LogP contribution in [0.2, 0.25) is 0 Å². The molecule has 0 fully saturated rings. The molecule has 0 spiro atoms. The van der Waals surface area contributed by atoms with E-state index in [1.54, 1.807) is 0 Å². The van der Waals surface area contributed by atoms with E-state index < -0.39 is 43.8 Å². The number of hydrogen-bond acceptors (Lipinski definition) is 7. The molecule has 0 aromatic rings. The van der Waals surface area contributed by atoms with E-state index in [0.29, 0.717) is 0 Å². The van der Waals surface area contributed by atoms with E-state index >= 15 is 0 Å². The van der Waals surface area contributed by atoms with Gasteiger partial charge in [-0.3, -0.25) is 18.7 Å². The summed E-state index contributed by atoms with van der Waals surface area (Å²) in [7, 11) is -8.57. The van der Waals surface area contributed by atoms with Gasteiger partial charge in [-0.05, 0) is 0 Å². The number of hydrogen-bond donors (Lipinski definition) is 3. The molecule has 0 aliphatic rings. The van der Waals surface area contributed by atoms with Crippen molar-refractivity contribution >= 4 is 32.2 Å². The van der Waals surface area contributed by atoms with E-state index in [1.165, 1.54) is 6.08 Å². The predicted octanol–water partition coefficient (Wildman–Crippen LogP) is -0.493. The molecule has 0 radical (unpaired) electrons. The molecule has 22 heavy (non-hydrogen) atoms. The molecule has 0 aromatic heterocycles. The van der Waals surface area contributed by atoms with E-state index in [4.69, 9.17) is 14.2 Å². The monoisotopic (exact) mass is 360 g/mol. The molecule has 1 atom stereocenters. The van der Waals surface area contributed by atoms with Gasteiger partial charge in [0.05, 0.1) is 12.2 Å². The number of carbonyl (C=O) groups is 2. The second-order valence-electron chi connectivity index (χ2n) is 3.56. The zero-order valence-electron chi connectivity index (χ0n) is 11.3. The lowest BCUT2D eigenvalue weighted by molar-refractivity contribution is -0.146. The zero-order chi connectivity index (χ0) is 18.0. The maximum atomic E-state index is 11.0. The third-order valence-electron chi connectivity index (χ3n) is 1.65. The van der Waals surface area contributed by atoms with Crippen LogP contribution in [-0.2, 0) is 34.6 Å². The zero-order valence-corrected chi connectivity index (χ0v) is 12.9. The van der Waals surface area contributed by atoms with Crippen molar-refractivity contribution in [1.82, 2.24) is 0 Å². The number of aliphatic carboxylic acids is 1. The molecule has 0 aliphatic heterocycles. The molecule has 1 unspecified atom stereocenters. The van der Waals surface area contributed by atoms with Gasteiger partial charge < -0.3 is 9.84 Å². The van der Waals surface area contributed by atoms with E-state index in [2.05, 4.69) is 17.9 Å². The van der Waals surface area contributed by atoms with Crippen LogP contribution in [0.25, 0.3) is 0 Å². The number of rotatable bonds is 8. The molecule has 0 saturated carbocycles. The summed E-state index contributed by atoms with van der Waals surface area (Å²) in [6.07, 6.45) is 1.25. The van der Waals surface area contributed by atoms with Gasteiger partial charge in [-0.1, -0.05) is 18.7 Å². The van der Waals surface area contributed by atoms with Gasteiger partial charge in [0.25, 0.3) is 20.2 Å². The minimum absolute atomic E-state index is 0.259. The highest BCUT2D eigenvalue weighted by atomic mass is 32.2. The van der Waals surface area contributed by atoms with Gasteiger partial charge in [-0.15, -0.1) is 6.58 Å². The lowest BCUT2D eigenvalue weighted by atomic mass is 10.3. The summed E-state index contributed by atoms with van der Waals surface area (Å²) in [5.41, 5.74) is 0. The highest BCUT2D eigenvalue weighted by Crippen LogP contribution is 2.07. The summed E-state index contributed by atoms with van der Waals surface area (Å²) >= 11 is 0. The van der Waals surface area contributed by atoms with Gasteiger partial charge in [-0.2, -0.15) is 16.8 Å². The molecule has 10 nitrogen and oxygen atoms in total. The van der Waals surface area contributed by atoms with Gasteiger partial charge in [0.1, 0.15) is 6.61 Å². The van der Waals surface area contributed by atoms with E-state index in [1.807, 2.05) is 0 Å². The van der Waals surface area contributed by atoms with Crippen LogP contribution in [0.15, 0.2) is 25.3 Å². The average Bonchev–Trinajstić information content (AvgIpc) is 2.30. The minimum atomic E-state index is -4.78. The van der Waals surface area contributed by atoms with Crippen molar-refractivity contribution in [1.29, 1.82) is 0 Å². The number of esters is 1. The molecule has 0 bridgehead atoms. The number of carbonyl (C=O) groups excluding carboxylic acids is 1. The first kappa shape index (κ1) is 22.5. The molecule has 12 heteroatoms. The average molecular weight is 360 g/mol. The molecule has 0 heterocycles. The fourth-order valence-corrected chi connectivity index (χ4v) is 1.81. The van der Waals surface area contributed by atoms with Crippen LogP contribution in [0, 0.1) is 0 Å². The fraction of sp³-hybridized carbons (Fsp3) is 0.400. The van der Waals surface area contributed by atoms with Gasteiger partial charge >= 0.3 is 11.9 Å². The minimum Gasteiger partial charge on any atom is -0.481 e. The van der Waals surface area contributed by atoms with Gasteiger partial charge in [0.15, 0.2) is 5.25 Å². The highest BCUT2D eigenvalue weighted by molar-refractivity contribution is 7.87. The second-order valence-corrected chi connectivity index (χ2v) is 6.65. The maximum Gasteiger partial charge on any atom is 0.327 e. The summed E-state index contributed by atoms with van der Waals surface area (Å²) in [5, 5.41) is 6.22. The lowest BCUT2D eigenvalue weighted by Crippen LogP contribution is -2.33. The van der Waals surface area contributed by atoms with Crippen LogP contribution in [0.1, 0.15) is 6.42 Å². The number of carboxylic acid groups (broad SMARTS) is 1. The van der Waals surface area contributed by atoms with Crippen LogP contribution in [0.3, 0.4) is 0 Å². The van der Waals surface area contributed by atoms with Crippen LogP contribution in [-0.4, -0.2) is 60.6 Å². The molecule has 0 saturated heterocycles. The summed E-state index contributed by atoms with van der Waals surface area (Å²) in [5.74, 6) is -3.22. The molecule has 0 rings (SSSR count). The Hall–Kier alpha value is -1.76. The fourth-order valence-electron chi connectivity index (χ4n) is 0.852. The molecule has 0 aliphatic carbocycles. The summed E-state index contributed by atoms with van der Waals surface area (Å²) < 4.78 is 61.5. The third kappa shape index (κ3) is 13.2. The van der Waals surface area contributed by atoms with Gasteiger partial charge in [0.2, 0.25) is 0 Å². The topological polar surface area (TPSA) is 172 Å². The van der Waals surface area contributed by atoms with Gasteiger partial charge in [-0.25, -0.2) is 0 Å². The SMILES string of the molecule is C=CCOC(=O)C(CC(=O)O)S(=O)(=O)O.C=CCS(=O)(=O)O. The second kappa shape index (κ2) is 10.0. The molecular formula is C10H16O10S2. The molecule has 0 amide bonds. The molecular weight excluding hydrogens is 344 g/mol. The van der Waals surface area contributed by atoms with E-state index in [0.717, 1.165) is 6.08 Å². The van der Waals surface area contributed by atoms with Crippen molar-refractivity contribution in [3.63, 3.8) is 0 Å². The summed E-state index contributed by atoms with van der Waals surface area (Å²) in [4.78, 5) is 21.2. The largest absolute Gasteiger partial charge is 0.481 e. The summed E-state index contributed by atoms with van der Waals surface area (Å²) in [6.45, 7) is 6.06. The maximum absolute atomic E-state index is 11.0. The van der Waals surface area contributed by atoms with Crippen LogP contribution >= 0.6 is 0 Å². The van der Waals surface area contributed by atoms with Crippen molar-refractivity contribution in [2.24, 2.45) is 0 Å². The number of carboxylic acids is 1. The van der Waals surface area contributed by atoms with Crippen molar-refractivity contribution < 1.29 is 45.4 Å². The Morgan fingerprint density at radius 1 is 1.09 bits per heavy atom. The van der Waals surface area contributed by atoms with Crippen molar-refractivity contribution in [3.05, 3.63) is 25.3 Å². The Morgan fingerprint density at radius 3 is 1.82 bits per heavy atom. The van der Waals surface area contributed by atoms with Crippen molar-refractivity contribution in [2.75, 3.05) is 12.4 Å². The van der Waals surface area contributed by atoms with Crippen molar-refractivity contribution in [2.45, 2.75) is 11.7 Å². The summed E-state index contributed by atoms with van der Waals surface area (Å²) in [6, 6.07) is 0. The smallest absolute Gasteiger partial charge is 0.327 e. The first-order valence-electron chi connectivity index (χ1n) is 5.36. The first-order chi connectivity index (χ1) is 9.85. The van der Waals surface area contributed by atoms with E-state index in [-0.39, 0.29) is 12.4 Å². The Morgan fingerprint density at radius 2 is 1.59 bits per heavy atom. The van der Waals surface area contributed by atoms with Crippen molar-refractivity contribution in [3.8, 4) is 0 Å². The van der Waals surface area contributed by atoms with Gasteiger partial charge in [0, 0.05) is 0 Å². The predicted molar refractivity (Wildman–Crippen MR) is 75.4 cm³/mol. The third-order valence-corrected chi connectivity index (χ3v) is 3.39. The Kier molecular flexibility index (Phi) is 10.3. The molecule has 3 N–H and O–H groups in total. The normalized spacial score (nSPS) is 12.3. The lowest BCUT2D eigenvalue weighted by Gasteiger charge is -2.09.